The van der Waals surface area contributed by atoms with Gasteiger partial charge in [0.1, 0.15) is 0 Å². The molecule has 5 heteroatoms. The fourth-order valence-electron chi connectivity index (χ4n) is 0. The van der Waals surface area contributed by atoms with Crippen LogP contribution in [0.1, 0.15) is 0 Å². The second kappa shape index (κ2) is 7.30. The molecule has 0 aromatic carbocycles. The van der Waals surface area contributed by atoms with Gasteiger partial charge in [0.2, 0.25) is 0 Å². The molecule has 17 heavy (non-hydrogen) atoms. The summed E-state index contributed by atoms with van der Waals surface area (Å²) >= 11 is 0. The van der Waals surface area contributed by atoms with Crippen molar-refractivity contribution in [3.63, 3.8) is 0 Å². The van der Waals surface area contributed by atoms with E-state index in [0.717, 1.165) is 0 Å². The van der Waals surface area contributed by atoms with Crippen molar-refractivity contribution in [1.29, 1.82) is 0 Å². The van der Waals surface area contributed by atoms with Crippen LogP contribution in [0.3, 0.4) is 0 Å². The molecule has 0 amide bonds. The SMILES string of the molecule is C[Si](C)(C)[Si](C)(C)C.C[Si](C)(C)[Si](C)(C)C.[LiH]. The summed E-state index contributed by atoms with van der Waals surface area (Å²) in [5.41, 5.74) is 0. The maximum atomic E-state index is 2.47. The summed E-state index contributed by atoms with van der Waals surface area (Å²) in [6.07, 6.45) is 0. The summed E-state index contributed by atoms with van der Waals surface area (Å²) in [4.78, 5) is 0. The van der Waals surface area contributed by atoms with Gasteiger partial charge in [-0.05, 0) is 0 Å². The Morgan fingerprint density at radius 2 is 0.353 bits per heavy atom. The molecule has 0 aromatic rings. The first-order valence-corrected chi connectivity index (χ1v) is 22.5. The number of rotatable bonds is 2. The molecule has 0 saturated carbocycles. The Hall–Kier alpha value is 1.46. The summed E-state index contributed by atoms with van der Waals surface area (Å²) in [5, 5.41) is 0. The van der Waals surface area contributed by atoms with E-state index in [1.54, 1.807) is 0 Å². The van der Waals surface area contributed by atoms with Crippen molar-refractivity contribution in [3.05, 3.63) is 0 Å². The van der Waals surface area contributed by atoms with Crippen LogP contribution >= 0.6 is 0 Å². The van der Waals surface area contributed by atoms with Crippen LogP contribution in [0.5, 0.6) is 0 Å². The van der Waals surface area contributed by atoms with Crippen LogP contribution in [0.4, 0.5) is 0 Å². The van der Waals surface area contributed by atoms with Crippen LogP contribution in [0.2, 0.25) is 78.6 Å². The van der Waals surface area contributed by atoms with Crippen molar-refractivity contribution < 1.29 is 0 Å². The Bertz CT molecular complexity index is 153. The zero-order valence-electron chi connectivity index (χ0n) is 14.0. The molecule has 0 aromatic heterocycles. The Balaban J connectivity index is -0.000000218. The van der Waals surface area contributed by atoms with Crippen LogP contribution in [-0.2, 0) is 0 Å². The molecule has 0 unspecified atom stereocenters. The standard InChI is InChI=1S/2C6H18Si2.Li.H/c2*1-7(2,3)8(4,5)6;;/h2*1-6H3;;. The predicted molar refractivity (Wildman–Crippen MR) is 101 cm³/mol. The second-order valence-electron chi connectivity index (χ2n) is 9.00. The summed E-state index contributed by atoms with van der Waals surface area (Å²) in [7, 11) is -2.88. The molecule has 0 radical (unpaired) electrons. The molecular weight excluding hydrogens is 263 g/mol. The van der Waals surface area contributed by atoms with Gasteiger partial charge in [0.15, 0.2) is 0 Å². The molecule has 0 aliphatic heterocycles. The molecule has 0 spiro atoms. The van der Waals surface area contributed by atoms with Crippen molar-refractivity contribution in [3.8, 4) is 0 Å². The van der Waals surface area contributed by atoms with Gasteiger partial charge < -0.3 is 0 Å². The van der Waals surface area contributed by atoms with E-state index in [9.17, 15) is 0 Å². The molecule has 0 atom stereocenters. The first-order valence-electron chi connectivity index (χ1n) is 6.50. The second-order valence-corrected chi connectivity index (χ2v) is 45.0. The minimum absolute atomic E-state index is 0. The Morgan fingerprint density at radius 3 is 0.353 bits per heavy atom. The van der Waals surface area contributed by atoms with Crippen LogP contribution in [0, 0.1) is 0 Å². The first kappa shape index (κ1) is 23.5. The Labute approximate surface area is 127 Å². The fourth-order valence-corrected chi connectivity index (χ4v) is 0. The monoisotopic (exact) mass is 300 g/mol. The van der Waals surface area contributed by atoms with E-state index in [4.69, 9.17) is 0 Å². The average Bonchev–Trinajstić information content (AvgIpc) is 1.77. The van der Waals surface area contributed by atoms with Crippen LogP contribution in [0.25, 0.3) is 0 Å². The molecular formula is C12H37LiSi4. The third-order valence-corrected chi connectivity index (χ3v) is 40.5. The molecule has 0 saturated heterocycles. The average molecular weight is 301 g/mol. The van der Waals surface area contributed by atoms with Crippen LogP contribution < -0.4 is 0 Å². The molecule has 0 bridgehead atoms. The van der Waals surface area contributed by atoms with Gasteiger partial charge in [0.05, 0.1) is 0 Å². The molecule has 0 fully saturated rings. The van der Waals surface area contributed by atoms with Gasteiger partial charge in [-0.25, -0.2) is 0 Å². The molecule has 0 aliphatic rings. The zero-order chi connectivity index (χ0) is 14.0. The van der Waals surface area contributed by atoms with Crippen LogP contribution in [0.15, 0.2) is 0 Å². The normalized spacial score (nSPS) is 13.4. The summed E-state index contributed by atoms with van der Waals surface area (Å²) < 4.78 is 0. The van der Waals surface area contributed by atoms with Gasteiger partial charge >= 0.3 is 18.9 Å². The van der Waals surface area contributed by atoms with Crippen molar-refractivity contribution in [1.82, 2.24) is 0 Å². The molecule has 0 N–H and O–H groups in total. The minimum atomic E-state index is -0.720. The van der Waals surface area contributed by atoms with E-state index in [-0.39, 0.29) is 18.9 Å². The Kier molecular flexibility index (Phi) is 10.1. The van der Waals surface area contributed by atoms with E-state index >= 15 is 0 Å². The van der Waals surface area contributed by atoms with E-state index in [1.165, 1.54) is 0 Å². The van der Waals surface area contributed by atoms with Crippen molar-refractivity contribution in [2.24, 2.45) is 0 Å². The summed E-state index contributed by atoms with van der Waals surface area (Å²) in [5.74, 6) is 0. The van der Waals surface area contributed by atoms with Crippen LogP contribution in [-0.4, -0.2) is 49.2 Å². The number of hydrogen-bond acceptors (Lipinski definition) is 0. The molecule has 0 heterocycles. The van der Waals surface area contributed by atoms with Crippen molar-refractivity contribution in [2.45, 2.75) is 78.6 Å². The van der Waals surface area contributed by atoms with E-state index in [0.29, 0.717) is 0 Å². The maximum absolute atomic E-state index is 2.47. The van der Waals surface area contributed by atoms with E-state index < -0.39 is 30.4 Å². The van der Waals surface area contributed by atoms with Crippen molar-refractivity contribution >= 4 is 49.2 Å². The van der Waals surface area contributed by atoms with Gasteiger partial charge in [-0.15, -0.1) is 0 Å². The number of hydrogen-bond donors (Lipinski definition) is 0. The summed E-state index contributed by atoms with van der Waals surface area (Å²) in [6.45, 7) is 29.7. The van der Waals surface area contributed by atoms with Gasteiger partial charge in [0, 0.05) is 30.4 Å². The zero-order valence-corrected chi connectivity index (χ0v) is 18.0. The third-order valence-electron chi connectivity index (χ3n) is 4.50. The molecule has 0 nitrogen and oxygen atoms in total. The topological polar surface area (TPSA) is 0 Å². The van der Waals surface area contributed by atoms with E-state index in [2.05, 4.69) is 78.6 Å². The quantitative estimate of drug-likeness (QED) is 0.641. The molecule has 0 aliphatic carbocycles. The molecule has 0 rings (SSSR count). The van der Waals surface area contributed by atoms with Gasteiger partial charge in [-0.2, -0.15) is 0 Å². The van der Waals surface area contributed by atoms with Gasteiger partial charge in [-0.3, -0.25) is 0 Å². The predicted octanol–water partition coefficient (Wildman–Crippen LogP) is 4.83. The fraction of sp³-hybridized carbons (Fsp3) is 1.00. The van der Waals surface area contributed by atoms with E-state index in [1.807, 2.05) is 0 Å². The molecule has 102 valence electrons. The summed E-state index contributed by atoms with van der Waals surface area (Å²) in [6, 6.07) is 0. The Morgan fingerprint density at radius 1 is 0.294 bits per heavy atom. The van der Waals surface area contributed by atoms with Crippen molar-refractivity contribution in [2.75, 3.05) is 0 Å². The first-order chi connectivity index (χ1) is 6.50. The van der Waals surface area contributed by atoms with Gasteiger partial charge in [0.25, 0.3) is 0 Å². The van der Waals surface area contributed by atoms with Gasteiger partial charge in [-0.1, -0.05) is 78.6 Å². The third kappa shape index (κ3) is 11.0.